The zero-order valence-electron chi connectivity index (χ0n) is 11.3. The van der Waals surface area contributed by atoms with E-state index in [-0.39, 0.29) is 0 Å². The topological polar surface area (TPSA) is 42.4 Å². The fourth-order valence-electron chi connectivity index (χ4n) is 1.78. The lowest BCUT2D eigenvalue weighted by Gasteiger charge is -2.23. The molecular formula is C13H24N2OS. The van der Waals surface area contributed by atoms with Gasteiger partial charge in [0.1, 0.15) is 11.5 Å². The number of furan rings is 1. The van der Waals surface area contributed by atoms with Crippen molar-refractivity contribution in [2.45, 2.75) is 39.4 Å². The zero-order valence-corrected chi connectivity index (χ0v) is 12.1. The molecule has 1 atom stereocenters. The van der Waals surface area contributed by atoms with Crippen LogP contribution in [0.4, 0.5) is 0 Å². The van der Waals surface area contributed by atoms with Crippen LogP contribution in [0.3, 0.4) is 0 Å². The van der Waals surface area contributed by atoms with Crippen LogP contribution in [0.15, 0.2) is 10.5 Å². The monoisotopic (exact) mass is 256 g/mol. The Morgan fingerprint density at radius 1 is 1.53 bits per heavy atom. The average molecular weight is 256 g/mol. The zero-order chi connectivity index (χ0) is 12.8. The first-order chi connectivity index (χ1) is 8.08. The largest absolute Gasteiger partial charge is 0.465 e. The number of nitrogens with two attached hydrogens (primary N) is 1. The van der Waals surface area contributed by atoms with Gasteiger partial charge in [0.15, 0.2) is 0 Å². The van der Waals surface area contributed by atoms with Gasteiger partial charge < -0.3 is 10.2 Å². The Kier molecular flexibility index (Phi) is 6.09. The second kappa shape index (κ2) is 7.09. The molecule has 0 aliphatic carbocycles. The minimum atomic E-state index is 0.557. The summed E-state index contributed by atoms with van der Waals surface area (Å²) < 4.78 is 5.70. The number of aryl methyl sites for hydroxylation is 1. The Morgan fingerprint density at radius 3 is 2.76 bits per heavy atom. The Bertz CT molecular complexity index is 338. The molecule has 0 aliphatic heterocycles. The van der Waals surface area contributed by atoms with Crippen LogP contribution in [-0.4, -0.2) is 30.0 Å². The van der Waals surface area contributed by atoms with Crippen LogP contribution in [0.5, 0.6) is 0 Å². The average Bonchev–Trinajstić information content (AvgIpc) is 2.66. The van der Waals surface area contributed by atoms with Crippen molar-refractivity contribution < 1.29 is 4.42 Å². The van der Waals surface area contributed by atoms with Gasteiger partial charge >= 0.3 is 0 Å². The SMILES string of the molecule is CSCCC(C)N(C)Cc1cc(CN)c(C)o1. The van der Waals surface area contributed by atoms with Gasteiger partial charge in [0.2, 0.25) is 0 Å². The summed E-state index contributed by atoms with van der Waals surface area (Å²) in [6, 6.07) is 2.65. The van der Waals surface area contributed by atoms with Crippen molar-refractivity contribution in [3.8, 4) is 0 Å². The third-order valence-electron chi connectivity index (χ3n) is 3.19. The predicted molar refractivity (Wildman–Crippen MR) is 75.3 cm³/mol. The molecule has 1 rings (SSSR count). The van der Waals surface area contributed by atoms with Gasteiger partial charge in [0, 0.05) is 18.2 Å². The van der Waals surface area contributed by atoms with Gasteiger partial charge in [-0.2, -0.15) is 11.8 Å². The first-order valence-corrected chi connectivity index (χ1v) is 7.45. The predicted octanol–water partition coefficient (Wildman–Crippen LogP) is 2.62. The van der Waals surface area contributed by atoms with Crippen molar-refractivity contribution in [1.29, 1.82) is 0 Å². The summed E-state index contributed by atoms with van der Waals surface area (Å²) in [7, 11) is 2.14. The van der Waals surface area contributed by atoms with Crippen LogP contribution in [-0.2, 0) is 13.1 Å². The molecule has 3 nitrogen and oxygen atoms in total. The number of rotatable bonds is 7. The summed E-state index contributed by atoms with van der Waals surface area (Å²) in [5.41, 5.74) is 6.76. The van der Waals surface area contributed by atoms with Crippen molar-refractivity contribution in [2.75, 3.05) is 19.1 Å². The third kappa shape index (κ3) is 4.37. The molecule has 98 valence electrons. The van der Waals surface area contributed by atoms with Crippen molar-refractivity contribution >= 4 is 11.8 Å². The molecule has 17 heavy (non-hydrogen) atoms. The van der Waals surface area contributed by atoms with Gasteiger partial charge in [0.05, 0.1) is 6.54 Å². The molecule has 0 spiro atoms. The summed E-state index contributed by atoms with van der Waals surface area (Å²) in [5, 5.41) is 0. The molecule has 0 radical (unpaired) electrons. The Hall–Kier alpha value is -0.450. The van der Waals surface area contributed by atoms with E-state index in [4.69, 9.17) is 10.2 Å². The number of thioether (sulfide) groups is 1. The van der Waals surface area contributed by atoms with Gasteiger partial charge in [-0.25, -0.2) is 0 Å². The smallest absolute Gasteiger partial charge is 0.118 e. The van der Waals surface area contributed by atoms with Crippen molar-refractivity contribution in [2.24, 2.45) is 5.73 Å². The second-order valence-electron chi connectivity index (χ2n) is 4.54. The van der Waals surface area contributed by atoms with Crippen LogP contribution < -0.4 is 5.73 Å². The molecule has 1 heterocycles. The molecule has 0 aromatic carbocycles. The lowest BCUT2D eigenvalue weighted by Crippen LogP contribution is -2.28. The Balaban J connectivity index is 2.51. The van der Waals surface area contributed by atoms with E-state index in [1.807, 2.05) is 18.7 Å². The highest BCUT2D eigenvalue weighted by Gasteiger charge is 2.12. The van der Waals surface area contributed by atoms with E-state index < -0.39 is 0 Å². The molecule has 0 aliphatic rings. The second-order valence-corrected chi connectivity index (χ2v) is 5.53. The van der Waals surface area contributed by atoms with Gasteiger partial charge in [0.25, 0.3) is 0 Å². The minimum absolute atomic E-state index is 0.557. The molecular weight excluding hydrogens is 232 g/mol. The number of nitrogens with zero attached hydrogens (tertiary/aromatic N) is 1. The molecule has 4 heteroatoms. The van der Waals surface area contributed by atoms with E-state index in [2.05, 4.69) is 31.2 Å². The Labute approximate surface area is 109 Å². The Morgan fingerprint density at radius 2 is 2.24 bits per heavy atom. The lowest BCUT2D eigenvalue weighted by molar-refractivity contribution is 0.225. The summed E-state index contributed by atoms with van der Waals surface area (Å²) in [6.45, 7) is 5.65. The van der Waals surface area contributed by atoms with Crippen molar-refractivity contribution in [1.82, 2.24) is 4.90 Å². The maximum absolute atomic E-state index is 5.70. The summed E-state index contributed by atoms with van der Waals surface area (Å²) in [6.07, 6.45) is 3.36. The normalized spacial score (nSPS) is 13.3. The van der Waals surface area contributed by atoms with Crippen molar-refractivity contribution in [3.05, 3.63) is 23.2 Å². The molecule has 0 fully saturated rings. The molecule has 1 aromatic heterocycles. The third-order valence-corrected chi connectivity index (χ3v) is 3.83. The standard InChI is InChI=1S/C13H24N2OS/c1-10(5-6-17-4)15(3)9-13-7-12(8-14)11(2)16-13/h7,10H,5-6,8-9,14H2,1-4H3. The van der Waals surface area contributed by atoms with E-state index in [1.165, 1.54) is 12.2 Å². The van der Waals surface area contributed by atoms with Crippen LogP contribution in [0, 0.1) is 6.92 Å². The summed E-state index contributed by atoms with van der Waals surface area (Å²) in [4.78, 5) is 2.33. The quantitative estimate of drug-likeness (QED) is 0.814. The van der Waals surface area contributed by atoms with Gasteiger partial charge in [-0.3, -0.25) is 4.90 Å². The van der Waals surface area contributed by atoms with Crippen LogP contribution in [0.2, 0.25) is 0 Å². The summed E-state index contributed by atoms with van der Waals surface area (Å²) in [5.74, 6) is 3.17. The first-order valence-electron chi connectivity index (χ1n) is 6.06. The highest BCUT2D eigenvalue weighted by Crippen LogP contribution is 2.17. The molecule has 0 saturated carbocycles. The van der Waals surface area contributed by atoms with Crippen LogP contribution in [0.25, 0.3) is 0 Å². The van der Waals surface area contributed by atoms with Gasteiger partial charge in [-0.15, -0.1) is 0 Å². The van der Waals surface area contributed by atoms with Gasteiger partial charge in [-0.1, -0.05) is 0 Å². The van der Waals surface area contributed by atoms with E-state index in [1.54, 1.807) is 0 Å². The minimum Gasteiger partial charge on any atom is -0.465 e. The summed E-state index contributed by atoms with van der Waals surface area (Å²) >= 11 is 1.90. The fraction of sp³-hybridized carbons (Fsp3) is 0.692. The maximum Gasteiger partial charge on any atom is 0.118 e. The van der Waals surface area contributed by atoms with Crippen LogP contribution >= 0.6 is 11.8 Å². The lowest BCUT2D eigenvalue weighted by atomic mass is 10.2. The molecule has 1 unspecified atom stereocenters. The van der Waals surface area contributed by atoms with E-state index in [9.17, 15) is 0 Å². The molecule has 0 bridgehead atoms. The first kappa shape index (κ1) is 14.6. The molecule has 0 saturated heterocycles. The number of hydrogen-bond donors (Lipinski definition) is 1. The maximum atomic E-state index is 5.70. The highest BCUT2D eigenvalue weighted by atomic mass is 32.2. The van der Waals surface area contributed by atoms with E-state index in [0.29, 0.717) is 12.6 Å². The highest BCUT2D eigenvalue weighted by molar-refractivity contribution is 7.98. The molecule has 0 amide bonds. The fourth-order valence-corrected chi connectivity index (χ4v) is 2.36. The van der Waals surface area contributed by atoms with E-state index in [0.717, 1.165) is 23.6 Å². The van der Waals surface area contributed by atoms with E-state index >= 15 is 0 Å². The number of hydrogen-bond acceptors (Lipinski definition) is 4. The molecule has 1 aromatic rings. The van der Waals surface area contributed by atoms with Crippen molar-refractivity contribution in [3.63, 3.8) is 0 Å². The van der Waals surface area contributed by atoms with Crippen LogP contribution in [0.1, 0.15) is 30.4 Å². The molecule has 2 N–H and O–H groups in total. The van der Waals surface area contributed by atoms with Gasteiger partial charge in [-0.05, 0) is 45.4 Å².